The lowest BCUT2D eigenvalue weighted by atomic mass is 10.1. The monoisotopic (exact) mass is 257 g/mol. The van der Waals surface area contributed by atoms with E-state index in [9.17, 15) is 4.39 Å². The van der Waals surface area contributed by atoms with Crippen LogP contribution in [0.3, 0.4) is 0 Å². The molecule has 0 heterocycles. The zero-order valence-corrected chi connectivity index (χ0v) is 10.8. The molecule has 0 radical (unpaired) electrons. The Balaban J connectivity index is 1.91. The van der Waals surface area contributed by atoms with Crippen LogP contribution in [-0.4, -0.2) is 6.21 Å². The summed E-state index contributed by atoms with van der Waals surface area (Å²) in [5.74, 6) is -0.246. The Bertz CT molecular complexity index is 549. The third-order valence-electron chi connectivity index (χ3n) is 2.85. The topological polar surface area (TPSA) is 21.6 Å². The van der Waals surface area contributed by atoms with Crippen molar-refractivity contribution >= 4 is 6.21 Å². The van der Waals surface area contributed by atoms with Gasteiger partial charge >= 0.3 is 0 Å². The highest BCUT2D eigenvalue weighted by atomic mass is 19.1. The van der Waals surface area contributed by atoms with Crippen molar-refractivity contribution in [2.75, 3.05) is 0 Å². The molecule has 0 saturated carbocycles. The first-order valence-electron chi connectivity index (χ1n) is 6.27. The predicted octanol–water partition coefficient (Wildman–Crippen LogP) is 3.94. The third kappa shape index (κ3) is 3.91. The van der Waals surface area contributed by atoms with Gasteiger partial charge in [-0.3, -0.25) is 0 Å². The maximum Gasteiger partial charge on any atom is 0.142 e. The van der Waals surface area contributed by atoms with Gasteiger partial charge in [0, 0.05) is 0 Å². The zero-order valence-electron chi connectivity index (χ0n) is 10.8. The van der Waals surface area contributed by atoms with E-state index >= 15 is 0 Å². The quantitative estimate of drug-likeness (QED) is 0.587. The van der Waals surface area contributed by atoms with E-state index in [2.05, 4.69) is 18.1 Å². The van der Waals surface area contributed by atoms with Crippen molar-refractivity contribution in [1.82, 2.24) is 0 Å². The number of aryl methyl sites for hydroxylation is 1. The molecular weight excluding hydrogens is 241 g/mol. The van der Waals surface area contributed by atoms with Gasteiger partial charge in [-0.1, -0.05) is 48.5 Å². The predicted molar refractivity (Wildman–Crippen MR) is 74.6 cm³/mol. The lowest BCUT2D eigenvalue weighted by molar-refractivity contribution is 0.132. The Morgan fingerprint density at radius 2 is 1.84 bits per heavy atom. The Labute approximate surface area is 112 Å². The molecule has 0 saturated heterocycles. The van der Waals surface area contributed by atoms with Gasteiger partial charge in [-0.2, -0.15) is 0 Å². The number of oxime groups is 1. The second-order valence-electron chi connectivity index (χ2n) is 4.19. The molecule has 0 N–H and O–H groups in total. The molecule has 0 spiro atoms. The Morgan fingerprint density at radius 3 is 2.58 bits per heavy atom. The maximum atomic E-state index is 12.7. The summed E-state index contributed by atoms with van der Waals surface area (Å²) >= 11 is 0. The van der Waals surface area contributed by atoms with Crippen molar-refractivity contribution in [1.29, 1.82) is 0 Å². The first-order valence-corrected chi connectivity index (χ1v) is 6.27. The van der Waals surface area contributed by atoms with E-state index in [0.717, 1.165) is 17.5 Å². The molecule has 3 heteroatoms. The lowest BCUT2D eigenvalue weighted by Crippen LogP contribution is -1.92. The van der Waals surface area contributed by atoms with Gasteiger partial charge in [0.25, 0.3) is 0 Å². The molecule has 0 aliphatic heterocycles. The van der Waals surface area contributed by atoms with E-state index < -0.39 is 0 Å². The fourth-order valence-corrected chi connectivity index (χ4v) is 1.77. The minimum atomic E-state index is -0.246. The second-order valence-corrected chi connectivity index (χ2v) is 4.19. The van der Waals surface area contributed by atoms with Crippen LogP contribution in [0.25, 0.3) is 0 Å². The summed E-state index contributed by atoms with van der Waals surface area (Å²) in [4.78, 5) is 5.21. The van der Waals surface area contributed by atoms with Gasteiger partial charge in [-0.25, -0.2) is 4.39 Å². The van der Waals surface area contributed by atoms with Crippen LogP contribution in [0.1, 0.15) is 23.6 Å². The van der Waals surface area contributed by atoms with Crippen LogP contribution in [0, 0.1) is 5.82 Å². The summed E-state index contributed by atoms with van der Waals surface area (Å²) < 4.78 is 12.7. The van der Waals surface area contributed by atoms with Crippen molar-refractivity contribution in [2.45, 2.75) is 20.0 Å². The molecule has 2 rings (SSSR count). The third-order valence-corrected chi connectivity index (χ3v) is 2.85. The molecule has 0 aromatic heterocycles. The standard InChI is InChI=1S/C16H16FNO/c1-2-14-5-3-4-6-15(14)11-18-19-12-13-7-9-16(17)10-8-13/h3-11H,2,12H2,1H3. The molecule has 19 heavy (non-hydrogen) atoms. The molecule has 0 atom stereocenters. The van der Waals surface area contributed by atoms with E-state index in [4.69, 9.17) is 4.84 Å². The second kappa shape index (κ2) is 6.69. The van der Waals surface area contributed by atoms with Crippen molar-refractivity contribution in [3.63, 3.8) is 0 Å². The van der Waals surface area contributed by atoms with Gasteiger partial charge in [-0.05, 0) is 35.2 Å². The summed E-state index contributed by atoms with van der Waals surface area (Å²) in [5.41, 5.74) is 3.18. The Morgan fingerprint density at radius 1 is 1.11 bits per heavy atom. The molecule has 0 unspecified atom stereocenters. The van der Waals surface area contributed by atoms with Crippen LogP contribution in [0.15, 0.2) is 53.7 Å². The number of benzene rings is 2. The number of halogens is 1. The highest BCUT2D eigenvalue weighted by Crippen LogP contribution is 2.07. The van der Waals surface area contributed by atoms with Crippen LogP contribution in [0.4, 0.5) is 4.39 Å². The SMILES string of the molecule is CCc1ccccc1C=NOCc1ccc(F)cc1. The molecule has 2 aromatic carbocycles. The summed E-state index contributed by atoms with van der Waals surface area (Å²) in [6.07, 6.45) is 2.67. The largest absolute Gasteiger partial charge is 0.391 e. The normalized spacial score (nSPS) is 10.8. The molecule has 2 aromatic rings. The van der Waals surface area contributed by atoms with Crippen LogP contribution < -0.4 is 0 Å². The number of hydrogen-bond donors (Lipinski definition) is 0. The fraction of sp³-hybridized carbons (Fsp3) is 0.188. The Hall–Kier alpha value is -2.16. The zero-order chi connectivity index (χ0) is 13.5. The molecule has 0 amide bonds. The summed E-state index contributed by atoms with van der Waals surface area (Å²) in [7, 11) is 0. The Kier molecular flexibility index (Phi) is 4.67. The van der Waals surface area contributed by atoms with Gasteiger partial charge < -0.3 is 4.84 Å². The highest BCUT2D eigenvalue weighted by Gasteiger charge is 1.96. The summed E-state index contributed by atoms with van der Waals surface area (Å²) in [5, 5.41) is 3.95. The number of hydrogen-bond acceptors (Lipinski definition) is 2. The van der Waals surface area contributed by atoms with Gasteiger partial charge in [-0.15, -0.1) is 0 Å². The average molecular weight is 257 g/mol. The fourth-order valence-electron chi connectivity index (χ4n) is 1.77. The molecule has 0 aliphatic rings. The van der Waals surface area contributed by atoms with E-state index in [0.29, 0.717) is 6.61 Å². The molecule has 2 nitrogen and oxygen atoms in total. The van der Waals surface area contributed by atoms with E-state index in [1.54, 1.807) is 18.3 Å². The molecule has 0 bridgehead atoms. The van der Waals surface area contributed by atoms with Crippen molar-refractivity contribution in [3.05, 3.63) is 71.0 Å². The first kappa shape index (κ1) is 13.3. The van der Waals surface area contributed by atoms with E-state index in [1.807, 2.05) is 18.2 Å². The summed E-state index contributed by atoms with van der Waals surface area (Å²) in [6, 6.07) is 14.3. The van der Waals surface area contributed by atoms with Crippen molar-refractivity contribution in [3.8, 4) is 0 Å². The maximum absolute atomic E-state index is 12.7. The van der Waals surface area contributed by atoms with Gasteiger partial charge in [0.2, 0.25) is 0 Å². The molecule has 0 aliphatic carbocycles. The minimum absolute atomic E-state index is 0.246. The number of nitrogens with zero attached hydrogens (tertiary/aromatic N) is 1. The van der Waals surface area contributed by atoms with E-state index in [1.165, 1.54) is 17.7 Å². The van der Waals surface area contributed by atoms with Gasteiger partial charge in [0.15, 0.2) is 0 Å². The molecule has 98 valence electrons. The molecule has 0 fully saturated rings. The van der Waals surface area contributed by atoms with Gasteiger partial charge in [0.1, 0.15) is 12.4 Å². The number of rotatable bonds is 5. The van der Waals surface area contributed by atoms with Crippen LogP contribution >= 0.6 is 0 Å². The van der Waals surface area contributed by atoms with E-state index in [-0.39, 0.29) is 5.82 Å². The lowest BCUT2D eigenvalue weighted by Gasteiger charge is -2.02. The smallest absolute Gasteiger partial charge is 0.142 e. The highest BCUT2D eigenvalue weighted by molar-refractivity contribution is 5.81. The first-order chi connectivity index (χ1) is 9.29. The van der Waals surface area contributed by atoms with Gasteiger partial charge in [0.05, 0.1) is 6.21 Å². The van der Waals surface area contributed by atoms with Crippen molar-refractivity contribution < 1.29 is 9.23 Å². The molecular formula is C16H16FNO. The average Bonchev–Trinajstić information content (AvgIpc) is 2.46. The van der Waals surface area contributed by atoms with Crippen LogP contribution in [-0.2, 0) is 17.9 Å². The van der Waals surface area contributed by atoms with Crippen molar-refractivity contribution in [2.24, 2.45) is 5.16 Å². The minimum Gasteiger partial charge on any atom is -0.391 e. The van der Waals surface area contributed by atoms with Crippen LogP contribution in [0.5, 0.6) is 0 Å². The van der Waals surface area contributed by atoms with Crippen LogP contribution in [0.2, 0.25) is 0 Å². The summed E-state index contributed by atoms with van der Waals surface area (Å²) in [6.45, 7) is 2.44.